The maximum absolute atomic E-state index is 12.2. The largest absolute Gasteiger partial charge is 0.489 e. The molecule has 6 nitrogen and oxygen atoms in total. The Bertz CT molecular complexity index is 953. The minimum absolute atomic E-state index is 0.295. The van der Waals surface area contributed by atoms with Gasteiger partial charge in [0.15, 0.2) is 12.4 Å². The first-order valence-corrected chi connectivity index (χ1v) is 9.77. The van der Waals surface area contributed by atoms with Gasteiger partial charge in [-0.3, -0.25) is 14.4 Å². The van der Waals surface area contributed by atoms with Crippen LogP contribution >= 0.6 is 11.3 Å². The highest BCUT2D eigenvalue weighted by molar-refractivity contribution is 7.12. The van der Waals surface area contributed by atoms with Crippen LogP contribution in [-0.2, 0) is 16.1 Å². The van der Waals surface area contributed by atoms with Gasteiger partial charge in [-0.1, -0.05) is 36.4 Å². The summed E-state index contributed by atoms with van der Waals surface area (Å²) in [5, 5.41) is 4.22. The van der Waals surface area contributed by atoms with E-state index in [-0.39, 0.29) is 18.2 Å². The van der Waals surface area contributed by atoms with Crippen molar-refractivity contribution >= 4 is 29.0 Å². The number of carbonyl (C=O) groups excluding carboxylic acids is 3. The molecule has 0 atom stereocenters. The fraction of sp³-hybridized carbons (Fsp3) is 0.136. The Kier molecular flexibility index (Phi) is 7.13. The number of nitrogens with one attached hydrogen (secondary N) is 1. The van der Waals surface area contributed by atoms with Crippen molar-refractivity contribution in [1.82, 2.24) is 5.32 Å². The third-order valence-corrected chi connectivity index (χ3v) is 4.80. The Morgan fingerprint density at radius 1 is 0.897 bits per heavy atom. The summed E-state index contributed by atoms with van der Waals surface area (Å²) in [4.78, 5) is 36.1. The quantitative estimate of drug-likeness (QED) is 0.432. The lowest BCUT2D eigenvalue weighted by molar-refractivity contribution is -0.141. The summed E-state index contributed by atoms with van der Waals surface area (Å²) in [5.41, 5.74) is 1.46. The van der Waals surface area contributed by atoms with Crippen LogP contribution in [0.25, 0.3) is 0 Å². The summed E-state index contributed by atoms with van der Waals surface area (Å²) in [7, 11) is 0. The molecule has 3 aromatic rings. The molecule has 0 aliphatic carbocycles. The number of amides is 1. The van der Waals surface area contributed by atoms with Crippen LogP contribution in [-0.4, -0.2) is 30.8 Å². The molecule has 0 saturated heterocycles. The monoisotopic (exact) mass is 409 g/mol. The van der Waals surface area contributed by atoms with E-state index in [9.17, 15) is 14.4 Å². The summed E-state index contributed by atoms with van der Waals surface area (Å²) < 4.78 is 10.6. The summed E-state index contributed by atoms with van der Waals surface area (Å²) >= 11 is 1.27. The SMILES string of the molecule is O=C(CNC(=O)c1cccs1)OCC(=O)c1ccc(OCc2ccccc2)cc1. The van der Waals surface area contributed by atoms with Crippen molar-refractivity contribution in [3.05, 3.63) is 88.1 Å². The fourth-order valence-corrected chi connectivity index (χ4v) is 3.05. The minimum atomic E-state index is -0.675. The second kappa shape index (κ2) is 10.2. The van der Waals surface area contributed by atoms with E-state index >= 15 is 0 Å². The number of Topliss-reactive ketones (excluding diaryl/α,β-unsaturated/α-hetero) is 1. The van der Waals surface area contributed by atoms with Gasteiger partial charge in [0.1, 0.15) is 18.9 Å². The highest BCUT2D eigenvalue weighted by atomic mass is 32.1. The maximum Gasteiger partial charge on any atom is 0.325 e. The van der Waals surface area contributed by atoms with Crippen LogP contribution < -0.4 is 10.1 Å². The number of carbonyl (C=O) groups is 3. The molecule has 2 aromatic carbocycles. The molecule has 0 saturated carbocycles. The molecule has 0 bridgehead atoms. The standard InChI is InChI=1S/C22H19NO5S/c24-19(15-28-21(25)13-23-22(26)20-7-4-12-29-20)17-8-10-18(11-9-17)27-14-16-5-2-1-3-6-16/h1-12H,13-15H2,(H,23,26). The van der Waals surface area contributed by atoms with E-state index in [1.54, 1.807) is 41.8 Å². The first kappa shape index (κ1) is 20.3. The van der Waals surface area contributed by atoms with Gasteiger partial charge < -0.3 is 14.8 Å². The molecule has 0 spiro atoms. The highest BCUT2D eigenvalue weighted by Crippen LogP contribution is 2.15. The number of ketones is 1. The molecule has 1 N–H and O–H groups in total. The Morgan fingerprint density at radius 2 is 1.66 bits per heavy atom. The molecule has 0 aliphatic heterocycles. The van der Waals surface area contributed by atoms with E-state index in [0.717, 1.165) is 5.56 Å². The average molecular weight is 409 g/mol. The molecule has 0 unspecified atom stereocenters. The van der Waals surface area contributed by atoms with E-state index in [2.05, 4.69) is 5.32 Å². The lowest BCUT2D eigenvalue weighted by Gasteiger charge is -2.08. The molecule has 29 heavy (non-hydrogen) atoms. The van der Waals surface area contributed by atoms with Crippen LogP contribution in [0, 0.1) is 0 Å². The van der Waals surface area contributed by atoms with Crippen LogP contribution in [0.3, 0.4) is 0 Å². The first-order chi connectivity index (χ1) is 14.1. The summed E-state index contributed by atoms with van der Waals surface area (Å²) in [5.74, 6) is -0.725. The zero-order chi connectivity index (χ0) is 20.5. The van der Waals surface area contributed by atoms with E-state index in [0.29, 0.717) is 22.8 Å². The molecule has 1 amide bonds. The Labute approximate surface area is 172 Å². The van der Waals surface area contributed by atoms with Crippen molar-refractivity contribution in [3.8, 4) is 5.75 Å². The van der Waals surface area contributed by atoms with Crippen LogP contribution in [0.4, 0.5) is 0 Å². The molecular weight excluding hydrogens is 390 g/mol. The Morgan fingerprint density at radius 3 is 2.34 bits per heavy atom. The lowest BCUT2D eigenvalue weighted by Crippen LogP contribution is -2.31. The zero-order valence-corrected chi connectivity index (χ0v) is 16.3. The fourth-order valence-electron chi connectivity index (χ4n) is 2.41. The highest BCUT2D eigenvalue weighted by Gasteiger charge is 2.12. The number of ether oxygens (including phenoxy) is 2. The predicted octanol–water partition coefficient (Wildman–Crippen LogP) is 3.48. The summed E-state index contributed by atoms with van der Waals surface area (Å²) in [6.07, 6.45) is 0. The molecule has 1 heterocycles. The topological polar surface area (TPSA) is 81.7 Å². The summed E-state index contributed by atoms with van der Waals surface area (Å²) in [6.45, 7) is -0.253. The van der Waals surface area contributed by atoms with Crippen LogP contribution in [0.5, 0.6) is 5.75 Å². The molecule has 1 aromatic heterocycles. The molecule has 148 valence electrons. The number of benzene rings is 2. The zero-order valence-electron chi connectivity index (χ0n) is 15.5. The van der Waals surface area contributed by atoms with Gasteiger partial charge in [0.2, 0.25) is 0 Å². The predicted molar refractivity (Wildman–Crippen MR) is 109 cm³/mol. The number of thiophene rings is 1. The van der Waals surface area contributed by atoms with Crippen molar-refractivity contribution in [2.24, 2.45) is 0 Å². The van der Waals surface area contributed by atoms with Gasteiger partial charge in [0.05, 0.1) is 4.88 Å². The number of rotatable bonds is 9. The second-order valence-corrected chi connectivity index (χ2v) is 6.99. The van der Waals surface area contributed by atoms with Crippen LogP contribution in [0.1, 0.15) is 25.6 Å². The van der Waals surface area contributed by atoms with E-state index in [4.69, 9.17) is 9.47 Å². The van der Waals surface area contributed by atoms with Gasteiger partial charge in [0.25, 0.3) is 5.91 Å². The molecule has 7 heteroatoms. The Hall–Kier alpha value is -3.45. The number of hydrogen-bond donors (Lipinski definition) is 1. The first-order valence-electron chi connectivity index (χ1n) is 8.89. The molecule has 0 fully saturated rings. The normalized spacial score (nSPS) is 10.2. The maximum atomic E-state index is 12.2. The van der Waals surface area contributed by atoms with Gasteiger partial charge in [-0.05, 0) is 41.3 Å². The van der Waals surface area contributed by atoms with Crippen LogP contribution in [0.2, 0.25) is 0 Å². The smallest absolute Gasteiger partial charge is 0.325 e. The average Bonchev–Trinajstić information content (AvgIpc) is 3.30. The van der Waals surface area contributed by atoms with Crippen molar-refractivity contribution in [3.63, 3.8) is 0 Å². The van der Waals surface area contributed by atoms with Gasteiger partial charge in [-0.15, -0.1) is 11.3 Å². The Balaban J connectivity index is 1.40. The van der Waals surface area contributed by atoms with Crippen molar-refractivity contribution < 1.29 is 23.9 Å². The van der Waals surface area contributed by atoms with E-state index in [1.807, 2.05) is 30.3 Å². The minimum Gasteiger partial charge on any atom is -0.489 e. The third kappa shape index (κ3) is 6.29. The van der Waals surface area contributed by atoms with Crippen LogP contribution in [0.15, 0.2) is 72.1 Å². The van der Waals surface area contributed by atoms with Crippen molar-refractivity contribution in [1.29, 1.82) is 0 Å². The number of esters is 1. The van der Waals surface area contributed by atoms with Gasteiger partial charge in [-0.25, -0.2) is 0 Å². The van der Waals surface area contributed by atoms with Gasteiger partial charge >= 0.3 is 5.97 Å². The molecule has 3 rings (SSSR count). The van der Waals surface area contributed by atoms with Gasteiger partial charge in [-0.2, -0.15) is 0 Å². The molecular formula is C22H19NO5S. The summed E-state index contributed by atoms with van der Waals surface area (Å²) in [6, 6.07) is 19.8. The number of hydrogen-bond acceptors (Lipinski definition) is 6. The van der Waals surface area contributed by atoms with Crippen molar-refractivity contribution in [2.45, 2.75) is 6.61 Å². The second-order valence-electron chi connectivity index (χ2n) is 6.04. The third-order valence-electron chi connectivity index (χ3n) is 3.93. The van der Waals surface area contributed by atoms with E-state index < -0.39 is 12.6 Å². The molecule has 0 aliphatic rings. The molecule has 0 radical (unpaired) electrons. The lowest BCUT2D eigenvalue weighted by atomic mass is 10.1. The van der Waals surface area contributed by atoms with Gasteiger partial charge in [0, 0.05) is 5.56 Å². The van der Waals surface area contributed by atoms with E-state index in [1.165, 1.54) is 11.3 Å². The van der Waals surface area contributed by atoms with Crippen molar-refractivity contribution in [2.75, 3.05) is 13.2 Å².